The second kappa shape index (κ2) is 7.24. The molecule has 6 atom stereocenters. The van der Waals surface area contributed by atoms with Crippen molar-refractivity contribution in [1.29, 1.82) is 0 Å². The van der Waals surface area contributed by atoms with Gasteiger partial charge in [0.05, 0.1) is 11.1 Å². The number of carbonyl (C=O) groups excluding carboxylic acids is 2. The summed E-state index contributed by atoms with van der Waals surface area (Å²) in [5.41, 5.74) is 0.728. The number of ether oxygens (including phenoxy) is 2. The van der Waals surface area contributed by atoms with E-state index in [2.05, 4.69) is 19.2 Å². The van der Waals surface area contributed by atoms with Gasteiger partial charge in [-0.2, -0.15) is 0 Å². The lowest BCUT2D eigenvalue weighted by Crippen LogP contribution is -2.44. The first-order valence-corrected chi connectivity index (χ1v) is 10.7. The molecule has 3 fully saturated rings. The van der Waals surface area contributed by atoms with Gasteiger partial charge in [0.15, 0.2) is 0 Å². The van der Waals surface area contributed by atoms with Crippen LogP contribution in [-0.4, -0.2) is 36.2 Å². The van der Waals surface area contributed by atoms with Crippen molar-refractivity contribution in [2.24, 2.45) is 17.3 Å². The Morgan fingerprint density at radius 1 is 0.833 bits per heavy atom. The maximum Gasteiger partial charge on any atom is 0.338 e. The van der Waals surface area contributed by atoms with Crippen molar-refractivity contribution in [2.75, 3.05) is 0 Å². The van der Waals surface area contributed by atoms with E-state index in [0.717, 1.165) is 12.8 Å². The molecule has 5 heteroatoms. The summed E-state index contributed by atoms with van der Waals surface area (Å²) in [5, 5.41) is 3.70. The normalized spacial score (nSPS) is 33.1. The number of carbonyl (C=O) groups is 2. The SMILES string of the molecule is CC1(C)C(OC(=O)c2ccccc2)C(OC(=O)c2ccccc2)C2C3CCC(N3)C21. The predicted molar refractivity (Wildman–Crippen MR) is 112 cm³/mol. The number of benzene rings is 2. The van der Waals surface area contributed by atoms with Crippen molar-refractivity contribution < 1.29 is 19.1 Å². The van der Waals surface area contributed by atoms with Gasteiger partial charge in [-0.15, -0.1) is 0 Å². The molecule has 2 bridgehead atoms. The average Bonchev–Trinajstić information content (AvgIpc) is 3.44. The molecule has 3 aliphatic rings. The van der Waals surface area contributed by atoms with Gasteiger partial charge in [0.25, 0.3) is 0 Å². The zero-order valence-corrected chi connectivity index (χ0v) is 17.3. The molecule has 5 nitrogen and oxygen atoms in total. The Kier molecular flexibility index (Phi) is 4.66. The number of rotatable bonds is 4. The summed E-state index contributed by atoms with van der Waals surface area (Å²) in [6, 6.07) is 18.7. The minimum Gasteiger partial charge on any atom is -0.454 e. The first kappa shape index (κ1) is 19.3. The summed E-state index contributed by atoms with van der Waals surface area (Å²) >= 11 is 0. The molecule has 156 valence electrons. The van der Waals surface area contributed by atoms with Crippen molar-refractivity contribution in [1.82, 2.24) is 5.32 Å². The van der Waals surface area contributed by atoms with Crippen LogP contribution in [0, 0.1) is 17.3 Å². The van der Waals surface area contributed by atoms with Gasteiger partial charge in [-0.3, -0.25) is 0 Å². The number of hydrogen-bond donors (Lipinski definition) is 1. The molecule has 2 aromatic rings. The van der Waals surface area contributed by atoms with Gasteiger partial charge in [0.2, 0.25) is 0 Å². The largest absolute Gasteiger partial charge is 0.454 e. The summed E-state index contributed by atoms with van der Waals surface area (Å²) in [5.74, 6) is -0.270. The quantitative estimate of drug-likeness (QED) is 0.783. The molecule has 1 aliphatic carbocycles. The Morgan fingerprint density at radius 3 is 1.97 bits per heavy atom. The molecule has 2 aliphatic heterocycles. The van der Waals surface area contributed by atoms with E-state index >= 15 is 0 Å². The Morgan fingerprint density at radius 2 is 1.37 bits per heavy atom. The highest BCUT2D eigenvalue weighted by Gasteiger charge is 2.67. The van der Waals surface area contributed by atoms with Crippen LogP contribution in [0.5, 0.6) is 0 Å². The van der Waals surface area contributed by atoms with Gasteiger partial charge in [-0.1, -0.05) is 50.2 Å². The molecule has 0 radical (unpaired) electrons. The van der Waals surface area contributed by atoms with E-state index in [1.807, 2.05) is 36.4 Å². The molecule has 0 amide bonds. The van der Waals surface area contributed by atoms with Crippen molar-refractivity contribution in [2.45, 2.75) is 51.0 Å². The number of nitrogens with one attached hydrogen (secondary N) is 1. The summed E-state index contributed by atoms with van der Waals surface area (Å²) in [4.78, 5) is 25.8. The Balaban J connectivity index is 1.46. The smallest absolute Gasteiger partial charge is 0.338 e. The van der Waals surface area contributed by atoms with Gasteiger partial charge in [0, 0.05) is 23.4 Å². The van der Waals surface area contributed by atoms with E-state index in [-0.39, 0.29) is 23.3 Å². The molecule has 2 heterocycles. The molecule has 2 saturated heterocycles. The van der Waals surface area contributed by atoms with Crippen molar-refractivity contribution in [3.8, 4) is 0 Å². The number of esters is 2. The van der Waals surface area contributed by atoms with E-state index in [0.29, 0.717) is 29.1 Å². The minimum absolute atomic E-state index is 0.153. The minimum atomic E-state index is -0.488. The maximum atomic E-state index is 12.9. The molecule has 0 aromatic heterocycles. The van der Waals surface area contributed by atoms with Crippen molar-refractivity contribution in [3.05, 3.63) is 71.8 Å². The molecule has 1 saturated carbocycles. The van der Waals surface area contributed by atoms with E-state index < -0.39 is 12.2 Å². The molecule has 1 N–H and O–H groups in total. The lowest BCUT2D eigenvalue weighted by molar-refractivity contribution is -0.0610. The molecule has 5 rings (SSSR count). The summed E-state index contributed by atoms with van der Waals surface area (Å²) in [6.45, 7) is 4.29. The lowest BCUT2D eigenvalue weighted by Gasteiger charge is -2.35. The van der Waals surface area contributed by atoms with Gasteiger partial charge < -0.3 is 14.8 Å². The Labute approximate surface area is 176 Å². The van der Waals surface area contributed by atoms with Crippen LogP contribution in [0.25, 0.3) is 0 Å². The van der Waals surface area contributed by atoms with E-state index in [1.54, 1.807) is 24.3 Å². The summed E-state index contributed by atoms with van der Waals surface area (Å²) in [6.07, 6.45) is 1.24. The van der Waals surface area contributed by atoms with Crippen LogP contribution in [0.2, 0.25) is 0 Å². The van der Waals surface area contributed by atoms with Gasteiger partial charge in [0.1, 0.15) is 12.2 Å². The second-order valence-corrected chi connectivity index (χ2v) is 9.31. The number of hydrogen-bond acceptors (Lipinski definition) is 5. The van der Waals surface area contributed by atoms with Crippen LogP contribution in [0.1, 0.15) is 47.4 Å². The zero-order chi connectivity index (χ0) is 20.9. The van der Waals surface area contributed by atoms with Crippen LogP contribution >= 0.6 is 0 Å². The predicted octanol–water partition coefficient (Wildman–Crippen LogP) is 3.84. The van der Waals surface area contributed by atoms with E-state index in [1.165, 1.54) is 0 Å². The lowest BCUT2D eigenvalue weighted by atomic mass is 9.71. The molecular weight excluding hydrogens is 378 g/mol. The van der Waals surface area contributed by atoms with Crippen LogP contribution < -0.4 is 5.32 Å². The third kappa shape index (κ3) is 3.03. The fraction of sp³-hybridized carbons (Fsp3) is 0.440. The summed E-state index contributed by atoms with van der Waals surface area (Å²) in [7, 11) is 0. The maximum absolute atomic E-state index is 12.9. The van der Waals surface area contributed by atoms with Gasteiger partial charge >= 0.3 is 11.9 Å². The molecule has 2 aromatic carbocycles. The molecule has 0 spiro atoms. The topological polar surface area (TPSA) is 64.6 Å². The summed E-state index contributed by atoms with van der Waals surface area (Å²) < 4.78 is 12.2. The van der Waals surface area contributed by atoms with Crippen LogP contribution in [0.15, 0.2) is 60.7 Å². The average molecular weight is 405 g/mol. The van der Waals surface area contributed by atoms with Gasteiger partial charge in [-0.05, 0) is 43.0 Å². The highest BCUT2D eigenvalue weighted by molar-refractivity contribution is 5.90. The van der Waals surface area contributed by atoms with E-state index in [4.69, 9.17) is 9.47 Å². The highest BCUT2D eigenvalue weighted by Crippen LogP contribution is 2.58. The van der Waals surface area contributed by atoms with Crippen LogP contribution in [-0.2, 0) is 9.47 Å². The highest BCUT2D eigenvalue weighted by atomic mass is 16.6. The first-order valence-electron chi connectivity index (χ1n) is 10.7. The Bertz CT molecular complexity index is 942. The standard InChI is InChI=1S/C25H27NO4/c1-25(2)20-18-14-13-17(26-18)19(20)21(29-23(27)15-9-5-3-6-10-15)22(25)30-24(28)16-11-7-4-8-12-16/h3-12,17-22,26H,13-14H2,1-2H3. The monoisotopic (exact) mass is 405 g/mol. The van der Waals surface area contributed by atoms with Gasteiger partial charge in [-0.25, -0.2) is 9.59 Å². The van der Waals surface area contributed by atoms with Crippen LogP contribution in [0.4, 0.5) is 0 Å². The molecule has 30 heavy (non-hydrogen) atoms. The third-order valence-electron chi connectivity index (χ3n) is 7.30. The first-order chi connectivity index (χ1) is 14.5. The van der Waals surface area contributed by atoms with Crippen LogP contribution in [0.3, 0.4) is 0 Å². The fourth-order valence-electron chi connectivity index (χ4n) is 6.05. The number of fused-ring (bicyclic) bond motifs is 5. The Hall–Kier alpha value is -2.66. The van der Waals surface area contributed by atoms with E-state index in [9.17, 15) is 9.59 Å². The molecular formula is C25H27NO4. The zero-order valence-electron chi connectivity index (χ0n) is 17.3. The fourth-order valence-corrected chi connectivity index (χ4v) is 6.05. The van der Waals surface area contributed by atoms with Crippen molar-refractivity contribution >= 4 is 11.9 Å². The second-order valence-electron chi connectivity index (χ2n) is 9.31. The third-order valence-corrected chi connectivity index (χ3v) is 7.30. The van der Waals surface area contributed by atoms with Crippen molar-refractivity contribution in [3.63, 3.8) is 0 Å². The molecule has 6 unspecified atom stereocenters.